The molecule has 2 N–H and O–H groups in total. The van der Waals surface area contributed by atoms with Crippen molar-refractivity contribution in [2.45, 2.75) is 26.6 Å². The molecule has 0 radical (unpaired) electrons. The fourth-order valence-corrected chi connectivity index (χ4v) is 2.82. The van der Waals surface area contributed by atoms with Gasteiger partial charge in [0, 0.05) is 32.5 Å². The third kappa shape index (κ3) is 4.96. The van der Waals surface area contributed by atoms with Crippen molar-refractivity contribution < 1.29 is 0 Å². The van der Waals surface area contributed by atoms with Gasteiger partial charge in [-0.1, -0.05) is 60.2 Å². The van der Waals surface area contributed by atoms with Crippen molar-refractivity contribution in [2.75, 3.05) is 7.05 Å². The van der Waals surface area contributed by atoms with Gasteiger partial charge in [0.05, 0.1) is 6.54 Å². The Kier molecular flexibility index (Phi) is 6.04. The van der Waals surface area contributed by atoms with Gasteiger partial charge in [-0.2, -0.15) is 0 Å². The Morgan fingerprint density at radius 2 is 1.77 bits per heavy atom. The van der Waals surface area contributed by atoms with Crippen LogP contribution < -0.4 is 10.6 Å². The molecule has 1 heterocycles. The van der Waals surface area contributed by atoms with Gasteiger partial charge in [-0.15, -0.1) is 0 Å². The molecule has 0 saturated carbocycles. The maximum absolute atomic E-state index is 4.47. The van der Waals surface area contributed by atoms with Crippen LogP contribution in [0.3, 0.4) is 0 Å². The first-order valence-electron chi connectivity index (χ1n) is 8.78. The average Bonchev–Trinajstić information content (AvgIpc) is 3.10. The van der Waals surface area contributed by atoms with Crippen LogP contribution in [0.15, 0.2) is 72.0 Å². The lowest BCUT2D eigenvalue weighted by Gasteiger charge is -2.13. The number of aliphatic imine (C=N–C) groups is 1. The molecule has 0 aliphatic heterocycles. The Balaban J connectivity index is 1.55. The summed E-state index contributed by atoms with van der Waals surface area (Å²) < 4.78 is 2.15. The summed E-state index contributed by atoms with van der Waals surface area (Å²) in [4.78, 5) is 8.76. The van der Waals surface area contributed by atoms with Crippen molar-refractivity contribution in [1.29, 1.82) is 0 Å². The predicted octanol–water partition coefficient (Wildman–Crippen LogP) is 3.11. The summed E-state index contributed by atoms with van der Waals surface area (Å²) in [5, 5.41) is 6.68. The highest BCUT2D eigenvalue weighted by atomic mass is 15.2. The molecular weight excluding hydrogens is 322 g/mol. The van der Waals surface area contributed by atoms with Crippen LogP contribution in [0, 0.1) is 6.92 Å². The number of guanidine groups is 1. The second-order valence-electron chi connectivity index (χ2n) is 6.23. The number of aromatic nitrogens is 2. The van der Waals surface area contributed by atoms with Gasteiger partial charge >= 0.3 is 0 Å². The Labute approximate surface area is 154 Å². The molecule has 0 fully saturated rings. The first-order valence-corrected chi connectivity index (χ1v) is 8.78. The number of nitrogens with one attached hydrogen (secondary N) is 2. The fourth-order valence-electron chi connectivity index (χ4n) is 2.82. The summed E-state index contributed by atoms with van der Waals surface area (Å²) >= 11 is 0. The van der Waals surface area contributed by atoms with Crippen LogP contribution in [0.25, 0.3) is 0 Å². The summed E-state index contributed by atoms with van der Waals surface area (Å²) in [6, 6.07) is 18.9. The third-order valence-electron chi connectivity index (χ3n) is 4.18. The van der Waals surface area contributed by atoms with Gasteiger partial charge in [-0.3, -0.25) is 4.99 Å². The second kappa shape index (κ2) is 8.85. The van der Waals surface area contributed by atoms with Crippen LogP contribution >= 0.6 is 0 Å². The van der Waals surface area contributed by atoms with E-state index in [2.05, 4.69) is 80.6 Å². The average molecular weight is 347 g/mol. The molecule has 0 spiro atoms. The number of benzene rings is 2. The third-order valence-corrected chi connectivity index (χ3v) is 4.18. The quantitative estimate of drug-likeness (QED) is 0.532. The summed E-state index contributed by atoms with van der Waals surface area (Å²) in [6.45, 7) is 4.27. The Morgan fingerprint density at radius 3 is 2.54 bits per heavy atom. The van der Waals surface area contributed by atoms with Gasteiger partial charge in [-0.25, -0.2) is 4.98 Å². The number of rotatable bonds is 6. The fraction of sp³-hybridized carbons (Fsp3) is 0.238. The Hall–Kier alpha value is -3.08. The zero-order chi connectivity index (χ0) is 18.2. The van der Waals surface area contributed by atoms with Gasteiger partial charge in [-0.05, 0) is 18.1 Å². The highest BCUT2D eigenvalue weighted by Crippen LogP contribution is 2.06. The smallest absolute Gasteiger partial charge is 0.191 e. The van der Waals surface area contributed by atoms with Crippen molar-refractivity contribution in [3.63, 3.8) is 0 Å². The molecule has 0 unspecified atom stereocenters. The largest absolute Gasteiger partial charge is 0.352 e. The number of nitrogens with zero attached hydrogens (tertiary/aromatic N) is 3. The van der Waals surface area contributed by atoms with E-state index in [9.17, 15) is 0 Å². The van der Waals surface area contributed by atoms with E-state index in [1.807, 2.05) is 18.5 Å². The molecule has 5 heteroatoms. The first-order chi connectivity index (χ1) is 12.7. The van der Waals surface area contributed by atoms with Crippen LogP contribution in [-0.4, -0.2) is 22.6 Å². The van der Waals surface area contributed by atoms with Gasteiger partial charge < -0.3 is 15.2 Å². The Bertz CT molecular complexity index is 852. The highest BCUT2D eigenvalue weighted by molar-refractivity contribution is 5.79. The maximum atomic E-state index is 4.47. The molecule has 3 rings (SSSR count). The lowest BCUT2D eigenvalue weighted by atomic mass is 10.1. The molecule has 134 valence electrons. The molecule has 2 aromatic carbocycles. The molecule has 1 aromatic heterocycles. The van der Waals surface area contributed by atoms with E-state index < -0.39 is 0 Å². The van der Waals surface area contributed by atoms with Gasteiger partial charge in [0.2, 0.25) is 0 Å². The lowest BCUT2D eigenvalue weighted by Crippen LogP contribution is -2.37. The standard InChI is InChI=1S/C21H25N5/c1-17-7-6-10-19(13-17)14-24-21(22-2)25-15-20-23-11-12-26(20)16-18-8-4-3-5-9-18/h3-13H,14-16H2,1-2H3,(H2,22,24,25). The SMILES string of the molecule is CN=C(NCc1cccc(C)c1)NCc1nccn1Cc1ccccc1. The molecule has 0 aliphatic carbocycles. The minimum atomic E-state index is 0.618. The zero-order valence-corrected chi connectivity index (χ0v) is 15.3. The second-order valence-corrected chi connectivity index (χ2v) is 6.23. The van der Waals surface area contributed by atoms with Crippen molar-refractivity contribution in [2.24, 2.45) is 4.99 Å². The van der Waals surface area contributed by atoms with E-state index in [0.717, 1.165) is 24.9 Å². The molecular formula is C21H25N5. The van der Waals surface area contributed by atoms with Crippen molar-refractivity contribution in [1.82, 2.24) is 20.2 Å². The van der Waals surface area contributed by atoms with Crippen molar-refractivity contribution in [3.05, 3.63) is 89.5 Å². The van der Waals surface area contributed by atoms with E-state index in [1.165, 1.54) is 16.7 Å². The van der Waals surface area contributed by atoms with Crippen LogP contribution in [0.1, 0.15) is 22.5 Å². The van der Waals surface area contributed by atoms with E-state index >= 15 is 0 Å². The first kappa shape index (κ1) is 17.7. The lowest BCUT2D eigenvalue weighted by molar-refractivity contribution is 0.688. The summed E-state index contributed by atoms with van der Waals surface area (Å²) in [6.07, 6.45) is 3.84. The maximum Gasteiger partial charge on any atom is 0.191 e. The van der Waals surface area contributed by atoms with E-state index in [1.54, 1.807) is 7.05 Å². The summed E-state index contributed by atoms with van der Waals surface area (Å²) in [5.41, 5.74) is 3.75. The number of hydrogen-bond acceptors (Lipinski definition) is 2. The van der Waals surface area contributed by atoms with Gasteiger partial charge in [0.1, 0.15) is 5.82 Å². The monoisotopic (exact) mass is 347 g/mol. The molecule has 0 aliphatic rings. The zero-order valence-electron chi connectivity index (χ0n) is 15.3. The topological polar surface area (TPSA) is 54.2 Å². The van der Waals surface area contributed by atoms with Crippen LogP contribution in [-0.2, 0) is 19.6 Å². The molecule has 0 bridgehead atoms. The molecule has 0 amide bonds. The normalized spacial score (nSPS) is 11.4. The molecule has 0 saturated heterocycles. The van der Waals surface area contributed by atoms with Crippen LogP contribution in [0.5, 0.6) is 0 Å². The Morgan fingerprint density at radius 1 is 1.00 bits per heavy atom. The van der Waals surface area contributed by atoms with Crippen LogP contribution in [0.2, 0.25) is 0 Å². The number of hydrogen-bond donors (Lipinski definition) is 2. The van der Waals surface area contributed by atoms with Gasteiger partial charge in [0.25, 0.3) is 0 Å². The molecule has 5 nitrogen and oxygen atoms in total. The summed E-state index contributed by atoms with van der Waals surface area (Å²) in [5.74, 6) is 1.74. The molecule has 0 atom stereocenters. The van der Waals surface area contributed by atoms with E-state index in [-0.39, 0.29) is 0 Å². The van der Waals surface area contributed by atoms with Gasteiger partial charge in [0.15, 0.2) is 5.96 Å². The minimum Gasteiger partial charge on any atom is -0.352 e. The predicted molar refractivity (Wildman–Crippen MR) is 106 cm³/mol. The van der Waals surface area contributed by atoms with Crippen molar-refractivity contribution in [3.8, 4) is 0 Å². The number of aryl methyl sites for hydroxylation is 1. The van der Waals surface area contributed by atoms with E-state index in [4.69, 9.17) is 0 Å². The van der Waals surface area contributed by atoms with Crippen molar-refractivity contribution >= 4 is 5.96 Å². The van der Waals surface area contributed by atoms with Crippen LogP contribution in [0.4, 0.5) is 0 Å². The highest BCUT2D eigenvalue weighted by Gasteiger charge is 2.05. The van der Waals surface area contributed by atoms with E-state index in [0.29, 0.717) is 6.54 Å². The molecule has 26 heavy (non-hydrogen) atoms. The minimum absolute atomic E-state index is 0.618. The number of imidazole rings is 1. The molecule has 3 aromatic rings. The summed E-state index contributed by atoms with van der Waals surface area (Å²) in [7, 11) is 1.78.